The maximum absolute atomic E-state index is 12.6. The molecule has 3 aliphatic rings. The van der Waals surface area contributed by atoms with Gasteiger partial charge in [0, 0.05) is 65.0 Å². The number of benzene rings is 1. The summed E-state index contributed by atoms with van der Waals surface area (Å²) in [5.74, 6) is 3.16. The average Bonchev–Trinajstić information content (AvgIpc) is 3.36. The van der Waals surface area contributed by atoms with Crippen LogP contribution < -0.4 is 19.3 Å². The third-order valence-corrected chi connectivity index (χ3v) is 6.48. The van der Waals surface area contributed by atoms with E-state index < -0.39 is 0 Å². The first-order valence-electron chi connectivity index (χ1n) is 11.7. The maximum Gasteiger partial charge on any atom is 0.246 e. The molecule has 0 radical (unpaired) electrons. The fourth-order valence-electron chi connectivity index (χ4n) is 4.44. The number of aromatic nitrogens is 2. The molecule has 1 aromatic heterocycles. The van der Waals surface area contributed by atoms with Crippen molar-refractivity contribution < 1.29 is 19.4 Å². The fraction of sp³-hybridized carbons (Fsp3) is 0.458. The van der Waals surface area contributed by atoms with E-state index in [1.54, 1.807) is 6.08 Å². The zero-order valence-corrected chi connectivity index (χ0v) is 19.2. The van der Waals surface area contributed by atoms with Crippen LogP contribution in [-0.2, 0) is 4.79 Å². The van der Waals surface area contributed by atoms with E-state index in [1.165, 1.54) is 0 Å². The molecule has 5 rings (SSSR count). The summed E-state index contributed by atoms with van der Waals surface area (Å²) >= 11 is 0. The molecule has 34 heavy (non-hydrogen) atoms. The molecule has 3 aliphatic heterocycles. The second-order valence-corrected chi connectivity index (χ2v) is 8.56. The Balaban J connectivity index is 1.11. The topological polar surface area (TPSA) is 94.5 Å². The molecule has 0 aliphatic carbocycles. The van der Waals surface area contributed by atoms with E-state index >= 15 is 0 Å². The van der Waals surface area contributed by atoms with Crippen LogP contribution in [0.2, 0.25) is 0 Å². The van der Waals surface area contributed by atoms with E-state index in [9.17, 15) is 4.79 Å². The highest BCUT2D eigenvalue weighted by Gasteiger charge is 2.22. The van der Waals surface area contributed by atoms with Crippen molar-refractivity contribution in [1.29, 1.82) is 0 Å². The number of amides is 1. The van der Waals surface area contributed by atoms with Gasteiger partial charge in [-0.3, -0.25) is 9.69 Å². The predicted octanol–water partition coefficient (Wildman–Crippen LogP) is 0.682. The number of hydrogen-bond donors (Lipinski definition) is 1. The van der Waals surface area contributed by atoms with Crippen LogP contribution in [0.1, 0.15) is 5.56 Å². The van der Waals surface area contributed by atoms with Gasteiger partial charge in [-0.2, -0.15) is 0 Å². The summed E-state index contributed by atoms with van der Waals surface area (Å²) in [6, 6.07) is 9.68. The highest BCUT2D eigenvalue weighted by molar-refractivity contribution is 5.92. The molecule has 0 bridgehead atoms. The van der Waals surface area contributed by atoms with Gasteiger partial charge in [-0.25, -0.2) is 0 Å². The van der Waals surface area contributed by atoms with E-state index in [2.05, 4.69) is 24.9 Å². The first-order valence-corrected chi connectivity index (χ1v) is 11.7. The van der Waals surface area contributed by atoms with E-state index in [4.69, 9.17) is 14.6 Å². The van der Waals surface area contributed by atoms with E-state index in [0.717, 1.165) is 68.8 Å². The molecule has 1 amide bonds. The van der Waals surface area contributed by atoms with Gasteiger partial charge in [0.2, 0.25) is 12.7 Å². The number of anilines is 2. The van der Waals surface area contributed by atoms with Crippen LogP contribution in [0, 0.1) is 0 Å². The Labute approximate surface area is 199 Å². The molecule has 1 N–H and O–H groups in total. The fourth-order valence-corrected chi connectivity index (χ4v) is 4.44. The number of aliphatic hydroxyl groups is 1. The predicted molar refractivity (Wildman–Crippen MR) is 128 cm³/mol. The number of piperazine rings is 2. The number of rotatable bonds is 6. The lowest BCUT2D eigenvalue weighted by atomic mass is 10.2. The second-order valence-electron chi connectivity index (χ2n) is 8.56. The van der Waals surface area contributed by atoms with Gasteiger partial charge >= 0.3 is 0 Å². The van der Waals surface area contributed by atoms with Gasteiger partial charge in [0.25, 0.3) is 0 Å². The summed E-state index contributed by atoms with van der Waals surface area (Å²) in [7, 11) is 0. The highest BCUT2D eigenvalue weighted by atomic mass is 16.7. The first kappa shape index (κ1) is 22.4. The van der Waals surface area contributed by atoms with Crippen molar-refractivity contribution >= 4 is 23.6 Å². The molecule has 10 heteroatoms. The van der Waals surface area contributed by atoms with E-state index in [1.807, 2.05) is 41.3 Å². The Hall–Kier alpha value is -3.37. The van der Waals surface area contributed by atoms with E-state index in [0.29, 0.717) is 18.8 Å². The van der Waals surface area contributed by atoms with Crippen LogP contribution in [0.25, 0.3) is 6.08 Å². The summed E-state index contributed by atoms with van der Waals surface area (Å²) in [5, 5.41) is 18.0. The number of hydrogen-bond acceptors (Lipinski definition) is 9. The molecule has 0 saturated carbocycles. The zero-order chi connectivity index (χ0) is 23.3. The molecular formula is C24H30N6O4. The summed E-state index contributed by atoms with van der Waals surface area (Å²) in [4.78, 5) is 21.2. The normalized spacial score (nSPS) is 18.7. The molecule has 180 valence electrons. The van der Waals surface area contributed by atoms with Crippen LogP contribution >= 0.6 is 0 Å². The number of fused-ring (bicyclic) bond motifs is 1. The smallest absolute Gasteiger partial charge is 0.246 e. The van der Waals surface area contributed by atoms with Crippen molar-refractivity contribution in [2.24, 2.45) is 0 Å². The number of ether oxygens (including phenoxy) is 2. The standard InChI is InChI=1S/C24H30N6O4/c31-16-15-27-7-9-28(10-8-27)22-4-5-23(26-25-22)29-11-13-30(14-12-29)24(32)6-2-19-1-3-20-21(17-19)34-18-33-20/h1-6,17,31H,7-16,18H2/b6-2+. The average molecular weight is 467 g/mol. The Morgan fingerprint density at radius 3 is 2.18 bits per heavy atom. The quantitative estimate of drug-likeness (QED) is 0.617. The second kappa shape index (κ2) is 10.3. The number of β-amino-alcohol motifs (C(OH)–C–C–N with tert-alkyl or cyclic N) is 1. The van der Waals surface area contributed by atoms with Gasteiger partial charge in [-0.15, -0.1) is 10.2 Å². The van der Waals surface area contributed by atoms with E-state index in [-0.39, 0.29) is 19.3 Å². The molecule has 4 heterocycles. The largest absolute Gasteiger partial charge is 0.454 e. The van der Waals surface area contributed by atoms with Crippen molar-refractivity contribution in [2.45, 2.75) is 0 Å². The van der Waals surface area contributed by atoms with Crippen molar-refractivity contribution in [3.8, 4) is 11.5 Å². The lowest BCUT2D eigenvalue weighted by Gasteiger charge is -2.36. The van der Waals surface area contributed by atoms with Gasteiger partial charge in [0.1, 0.15) is 0 Å². The Morgan fingerprint density at radius 1 is 0.882 bits per heavy atom. The van der Waals surface area contributed by atoms with Crippen molar-refractivity contribution in [3.63, 3.8) is 0 Å². The summed E-state index contributed by atoms with van der Waals surface area (Å²) < 4.78 is 10.7. The Morgan fingerprint density at radius 2 is 1.53 bits per heavy atom. The molecule has 2 saturated heterocycles. The first-order chi connectivity index (χ1) is 16.7. The third kappa shape index (κ3) is 5.07. The monoisotopic (exact) mass is 466 g/mol. The Bertz CT molecular complexity index is 1010. The molecule has 10 nitrogen and oxygen atoms in total. The zero-order valence-electron chi connectivity index (χ0n) is 19.2. The van der Waals surface area contributed by atoms with Crippen molar-refractivity contribution in [1.82, 2.24) is 20.0 Å². The van der Waals surface area contributed by atoms with Gasteiger partial charge in [-0.1, -0.05) is 6.07 Å². The van der Waals surface area contributed by atoms with Gasteiger partial charge in [0.05, 0.1) is 6.61 Å². The summed E-state index contributed by atoms with van der Waals surface area (Å²) in [6.45, 7) is 7.48. The van der Waals surface area contributed by atoms with Crippen LogP contribution in [0.4, 0.5) is 11.6 Å². The molecule has 2 fully saturated rings. The lowest BCUT2D eigenvalue weighted by Crippen LogP contribution is -2.49. The third-order valence-electron chi connectivity index (χ3n) is 6.48. The molecule has 0 spiro atoms. The maximum atomic E-state index is 12.6. The molecule has 0 atom stereocenters. The van der Waals surface area contributed by atoms with Crippen LogP contribution in [-0.4, -0.2) is 103 Å². The van der Waals surface area contributed by atoms with Crippen molar-refractivity contribution in [2.75, 3.05) is 82.1 Å². The molecule has 2 aromatic rings. The number of carbonyl (C=O) groups excluding carboxylic acids is 1. The summed E-state index contributed by atoms with van der Waals surface area (Å²) in [5.41, 5.74) is 0.904. The summed E-state index contributed by atoms with van der Waals surface area (Å²) in [6.07, 6.45) is 3.42. The molecule has 0 unspecified atom stereocenters. The minimum Gasteiger partial charge on any atom is -0.454 e. The number of carbonyl (C=O) groups is 1. The van der Waals surface area contributed by atoms with Crippen LogP contribution in [0.15, 0.2) is 36.4 Å². The van der Waals surface area contributed by atoms with Gasteiger partial charge < -0.3 is 29.3 Å². The van der Waals surface area contributed by atoms with Gasteiger partial charge in [-0.05, 0) is 35.9 Å². The number of nitrogens with zero attached hydrogens (tertiary/aromatic N) is 6. The van der Waals surface area contributed by atoms with Crippen LogP contribution in [0.5, 0.6) is 11.5 Å². The minimum absolute atomic E-state index is 0.000843. The highest BCUT2D eigenvalue weighted by Crippen LogP contribution is 2.32. The minimum atomic E-state index is -0.000843. The number of aliphatic hydroxyl groups excluding tert-OH is 1. The van der Waals surface area contributed by atoms with Gasteiger partial charge in [0.15, 0.2) is 23.1 Å². The van der Waals surface area contributed by atoms with Crippen LogP contribution in [0.3, 0.4) is 0 Å². The molecular weight excluding hydrogens is 436 g/mol. The van der Waals surface area contributed by atoms with Crippen molar-refractivity contribution in [3.05, 3.63) is 42.0 Å². The lowest BCUT2D eigenvalue weighted by molar-refractivity contribution is -0.126. The molecule has 1 aromatic carbocycles. The Kier molecular flexibility index (Phi) is 6.77. The SMILES string of the molecule is O=C(/C=C/c1ccc2c(c1)OCO2)N1CCN(c2ccc(N3CCN(CCO)CC3)nn2)CC1.